The molecular formula is C24H33N5Na2O7P2S. The van der Waals surface area contributed by atoms with E-state index in [0.29, 0.717) is 31.9 Å². The summed E-state index contributed by atoms with van der Waals surface area (Å²) >= 11 is 5.16. The van der Waals surface area contributed by atoms with Gasteiger partial charge in [0, 0.05) is 20.2 Å². The minimum absolute atomic E-state index is 0. The van der Waals surface area contributed by atoms with E-state index in [1.165, 1.54) is 0 Å². The summed E-state index contributed by atoms with van der Waals surface area (Å²) in [4.78, 5) is 33.1. The SMILES string of the molecule is COCc1ccc(/C=N/NC(=S)N/N=C/c2cccc(OCCCN(C)CCC(O)(P[O-])P(=O)([O-])O)c2)cc1.[Na+].[Na+]. The Morgan fingerprint density at radius 3 is 2.37 bits per heavy atom. The summed E-state index contributed by atoms with van der Waals surface area (Å²) in [5, 5.41) is 15.6. The topological polar surface area (TPSA) is 174 Å². The van der Waals surface area contributed by atoms with Crippen LogP contribution in [0, 0.1) is 0 Å². The fourth-order valence-corrected chi connectivity index (χ4v) is 4.30. The molecule has 214 valence electrons. The van der Waals surface area contributed by atoms with Crippen LogP contribution in [0.5, 0.6) is 5.75 Å². The van der Waals surface area contributed by atoms with Crippen molar-refractivity contribution in [2.75, 3.05) is 33.9 Å². The number of thiocarbonyl (C=S) groups is 1. The molecule has 0 spiro atoms. The predicted octanol–water partition coefficient (Wildman–Crippen LogP) is -5.09. The van der Waals surface area contributed by atoms with E-state index in [1.807, 2.05) is 36.4 Å². The Bertz CT molecular complexity index is 1160. The van der Waals surface area contributed by atoms with Crippen molar-refractivity contribution in [3.63, 3.8) is 0 Å². The molecule has 0 aliphatic rings. The Balaban J connectivity index is 0.00000800. The van der Waals surface area contributed by atoms with Crippen LogP contribution in [0.15, 0.2) is 58.7 Å². The molecule has 0 saturated carbocycles. The van der Waals surface area contributed by atoms with Crippen LogP contribution in [0.3, 0.4) is 0 Å². The smallest absolute Gasteiger partial charge is 0.829 e. The van der Waals surface area contributed by atoms with E-state index in [-0.39, 0.29) is 77.2 Å². The van der Waals surface area contributed by atoms with Crippen LogP contribution in [0.25, 0.3) is 0 Å². The fourth-order valence-electron chi connectivity index (χ4n) is 3.14. The van der Waals surface area contributed by atoms with Crippen molar-refractivity contribution in [3.8, 4) is 5.75 Å². The number of hydrogen-bond donors (Lipinski definition) is 4. The number of aliphatic hydroxyl groups is 1. The molecule has 2 aromatic carbocycles. The van der Waals surface area contributed by atoms with Crippen molar-refractivity contribution in [2.45, 2.75) is 24.5 Å². The first-order valence-corrected chi connectivity index (χ1v) is 14.7. The normalized spacial score (nSPS) is 14.4. The van der Waals surface area contributed by atoms with E-state index in [2.05, 4.69) is 21.1 Å². The standard InChI is InChI=1S/C24H34N5O7P2S.2Na/c1-29(13-11-24(30,37-31)38(32,33)34)12-4-14-36-22-6-3-5-21(15-22)17-26-28-23(39)27-25-16-19-7-9-20(10-8-19)18-35-2;;/h3,5-10,15-17,30,37H,4,11-14,18H2,1-2H3,(H2,27,28,39)(H2,32,33,34);;/q-1;2*+1/p-1/b25-16+,26-17+;;. The van der Waals surface area contributed by atoms with Crippen LogP contribution in [0.2, 0.25) is 0 Å². The summed E-state index contributed by atoms with van der Waals surface area (Å²) in [6, 6.07) is 15.0. The van der Waals surface area contributed by atoms with Gasteiger partial charge in [-0.1, -0.05) is 36.4 Å². The summed E-state index contributed by atoms with van der Waals surface area (Å²) in [5.74, 6) is 0.637. The molecule has 0 saturated heterocycles. The molecule has 4 N–H and O–H groups in total. The monoisotopic (exact) mass is 643 g/mol. The van der Waals surface area contributed by atoms with Gasteiger partial charge in [-0.25, -0.2) is 0 Å². The predicted molar refractivity (Wildman–Crippen MR) is 153 cm³/mol. The van der Waals surface area contributed by atoms with E-state index in [4.69, 9.17) is 26.6 Å². The Morgan fingerprint density at radius 1 is 1.15 bits per heavy atom. The Kier molecular flexibility index (Phi) is 21.2. The second kappa shape index (κ2) is 21.4. The minimum Gasteiger partial charge on any atom is -0.829 e. The third-order valence-corrected chi connectivity index (χ3v) is 8.37. The van der Waals surface area contributed by atoms with Gasteiger partial charge in [-0.15, -0.1) is 0 Å². The Morgan fingerprint density at radius 2 is 1.78 bits per heavy atom. The first kappa shape index (κ1) is 40.7. The molecule has 0 heterocycles. The summed E-state index contributed by atoms with van der Waals surface area (Å²) in [5.41, 5.74) is 8.13. The van der Waals surface area contributed by atoms with Crippen LogP contribution in [-0.2, 0) is 15.9 Å². The van der Waals surface area contributed by atoms with Gasteiger partial charge in [-0.05, 0) is 60.9 Å². The molecular weight excluding hydrogens is 610 g/mol. The van der Waals surface area contributed by atoms with Gasteiger partial charge in [-0.2, -0.15) is 19.0 Å². The van der Waals surface area contributed by atoms with Crippen molar-refractivity contribution in [1.29, 1.82) is 0 Å². The number of nitrogens with one attached hydrogen (secondary N) is 2. The van der Waals surface area contributed by atoms with Gasteiger partial charge in [0.15, 0.2) is 7.60 Å². The van der Waals surface area contributed by atoms with Crippen molar-refractivity contribution in [3.05, 3.63) is 65.2 Å². The summed E-state index contributed by atoms with van der Waals surface area (Å²) < 4.78 is 22.1. The number of hydrazone groups is 2. The largest absolute Gasteiger partial charge is 1.00 e. The van der Waals surface area contributed by atoms with E-state index in [9.17, 15) is 19.5 Å². The number of nitrogens with zero attached hydrogens (tertiary/aromatic N) is 3. The summed E-state index contributed by atoms with van der Waals surface area (Å²) in [7, 11) is -3.35. The number of hydrogen-bond acceptors (Lipinski definition) is 10. The maximum absolute atomic E-state index is 11.2. The number of methoxy groups -OCH3 is 1. The molecule has 41 heavy (non-hydrogen) atoms. The van der Waals surface area contributed by atoms with E-state index >= 15 is 0 Å². The maximum atomic E-state index is 11.2. The van der Waals surface area contributed by atoms with Gasteiger partial charge in [0.25, 0.3) is 0 Å². The van der Waals surface area contributed by atoms with Gasteiger partial charge in [0.2, 0.25) is 5.11 Å². The molecule has 3 atom stereocenters. The Hall–Kier alpha value is -0.310. The zero-order valence-electron chi connectivity index (χ0n) is 23.6. The molecule has 0 fully saturated rings. The summed E-state index contributed by atoms with van der Waals surface area (Å²) in [6.07, 6.45) is 3.47. The van der Waals surface area contributed by atoms with Crippen molar-refractivity contribution in [2.24, 2.45) is 10.2 Å². The molecule has 12 nitrogen and oxygen atoms in total. The minimum atomic E-state index is -5.14. The number of benzene rings is 2. The molecule has 0 aliphatic carbocycles. The Labute approximate surface area is 292 Å². The molecule has 2 aromatic rings. The molecule has 0 aliphatic heterocycles. The van der Waals surface area contributed by atoms with Crippen LogP contribution in [0.1, 0.15) is 29.5 Å². The van der Waals surface area contributed by atoms with Crippen LogP contribution in [-0.4, -0.2) is 71.4 Å². The fraction of sp³-hybridized carbons (Fsp3) is 0.375. The van der Waals surface area contributed by atoms with Crippen LogP contribution >= 0.6 is 28.6 Å². The van der Waals surface area contributed by atoms with Crippen LogP contribution < -0.4 is 84.5 Å². The van der Waals surface area contributed by atoms with Crippen molar-refractivity contribution in [1.82, 2.24) is 15.8 Å². The first-order chi connectivity index (χ1) is 18.6. The number of ether oxygens (including phenoxy) is 2. The number of rotatable bonds is 16. The summed E-state index contributed by atoms with van der Waals surface area (Å²) in [6.45, 7) is 1.60. The quantitative estimate of drug-likeness (QED) is 0.0344. The third-order valence-electron chi connectivity index (χ3n) is 5.33. The second-order valence-corrected chi connectivity index (χ2v) is 12.2. The first-order valence-electron chi connectivity index (χ1n) is 11.8. The molecule has 2 rings (SSSR count). The average Bonchev–Trinajstić information content (AvgIpc) is 2.90. The average molecular weight is 644 g/mol. The van der Waals surface area contributed by atoms with Gasteiger partial charge in [0.05, 0.1) is 25.6 Å². The van der Waals surface area contributed by atoms with Crippen LogP contribution in [0.4, 0.5) is 0 Å². The van der Waals surface area contributed by atoms with Gasteiger partial charge in [-0.3, -0.25) is 10.9 Å². The third kappa shape index (κ3) is 15.8. The van der Waals surface area contributed by atoms with Gasteiger partial charge < -0.3 is 38.7 Å². The van der Waals surface area contributed by atoms with Crippen molar-refractivity contribution >= 4 is 46.2 Å². The second-order valence-electron chi connectivity index (χ2n) is 8.51. The van der Waals surface area contributed by atoms with E-state index < -0.39 is 21.5 Å². The van der Waals surface area contributed by atoms with E-state index in [0.717, 1.165) is 16.7 Å². The molecule has 3 unspecified atom stereocenters. The molecule has 0 aromatic heterocycles. The van der Waals surface area contributed by atoms with Crippen molar-refractivity contribution < 1.29 is 92.9 Å². The van der Waals surface area contributed by atoms with Gasteiger partial charge in [0.1, 0.15) is 10.8 Å². The molecule has 0 bridgehead atoms. The molecule has 0 radical (unpaired) electrons. The van der Waals surface area contributed by atoms with Gasteiger partial charge >= 0.3 is 59.1 Å². The zero-order valence-corrected chi connectivity index (χ0v) is 30.4. The molecule has 17 heteroatoms. The van der Waals surface area contributed by atoms with E-state index in [1.54, 1.807) is 43.6 Å². The zero-order chi connectivity index (χ0) is 28.7. The maximum Gasteiger partial charge on any atom is 1.00 e. The molecule has 0 amide bonds.